The van der Waals surface area contributed by atoms with Crippen LogP contribution in [0.4, 0.5) is 0 Å². The first-order valence-electron chi connectivity index (χ1n) is 6.76. The Morgan fingerprint density at radius 3 is 3.16 bits per heavy atom. The van der Waals surface area contributed by atoms with E-state index in [4.69, 9.17) is 0 Å². The van der Waals surface area contributed by atoms with E-state index in [2.05, 4.69) is 39.2 Å². The van der Waals surface area contributed by atoms with E-state index < -0.39 is 0 Å². The van der Waals surface area contributed by atoms with E-state index in [0.29, 0.717) is 12.5 Å². The van der Waals surface area contributed by atoms with Gasteiger partial charge in [-0.3, -0.25) is 0 Å². The van der Waals surface area contributed by atoms with Crippen LogP contribution in [0.25, 0.3) is 5.65 Å². The number of hydrogen-bond donors (Lipinski definition) is 3. The molecule has 3 heterocycles. The summed E-state index contributed by atoms with van der Waals surface area (Å²) in [6.07, 6.45) is 3.79. The fourth-order valence-electron chi connectivity index (χ4n) is 2.58. The van der Waals surface area contributed by atoms with Gasteiger partial charge in [0.25, 0.3) is 0 Å². The van der Waals surface area contributed by atoms with Gasteiger partial charge in [0, 0.05) is 38.3 Å². The van der Waals surface area contributed by atoms with E-state index in [9.17, 15) is 5.11 Å². The number of imidazole rings is 1. The predicted octanol–water partition coefficient (Wildman–Crippen LogP) is 0.313. The largest absolute Gasteiger partial charge is 0.391 e. The van der Waals surface area contributed by atoms with Crippen molar-refractivity contribution in [2.24, 2.45) is 5.92 Å². The van der Waals surface area contributed by atoms with Gasteiger partial charge in [-0.2, -0.15) is 0 Å². The Hall–Kier alpha value is -1.43. The van der Waals surface area contributed by atoms with E-state index in [1.54, 1.807) is 0 Å². The fraction of sp³-hybridized carbons (Fsp3) is 0.500. The molecule has 2 unspecified atom stereocenters. The SMILES string of the molecule is Cc1ccc2ncc(CNCC3CNCC3O)n2c1. The van der Waals surface area contributed by atoms with Crippen LogP contribution in [0.2, 0.25) is 0 Å². The highest BCUT2D eigenvalue weighted by Gasteiger charge is 2.24. The van der Waals surface area contributed by atoms with E-state index in [1.807, 2.05) is 12.3 Å². The number of hydrogen-bond acceptors (Lipinski definition) is 4. The molecule has 1 fully saturated rings. The highest BCUT2D eigenvalue weighted by molar-refractivity contribution is 5.41. The predicted molar refractivity (Wildman–Crippen MR) is 74.0 cm³/mol. The quantitative estimate of drug-likeness (QED) is 0.740. The third kappa shape index (κ3) is 2.63. The standard InChI is InChI=1S/C14H20N4O/c1-10-2-3-14-17-7-12(18(14)9-10)6-15-4-11-5-16-8-13(11)19/h2-3,7,9,11,13,15-16,19H,4-6,8H2,1H3. The number of nitrogens with one attached hydrogen (secondary N) is 2. The normalized spacial score (nSPS) is 23.3. The summed E-state index contributed by atoms with van der Waals surface area (Å²) in [7, 11) is 0. The van der Waals surface area contributed by atoms with Crippen molar-refractivity contribution in [3.05, 3.63) is 35.8 Å². The lowest BCUT2D eigenvalue weighted by Gasteiger charge is -2.13. The highest BCUT2D eigenvalue weighted by atomic mass is 16.3. The Kier molecular flexibility index (Phi) is 3.50. The Morgan fingerprint density at radius 1 is 1.47 bits per heavy atom. The van der Waals surface area contributed by atoms with Crippen molar-refractivity contribution in [3.63, 3.8) is 0 Å². The summed E-state index contributed by atoms with van der Waals surface area (Å²) in [5, 5.41) is 16.3. The summed E-state index contributed by atoms with van der Waals surface area (Å²) in [4.78, 5) is 4.39. The molecule has 0 saturated carbocycles. The molecule has 0 bridgehead atoms. The minimum absolute atomic E-state index is 0.225. The minimum Gasteiger partial charge on any atom is -0.391 e. The molecule has 0 radical (unpaired) electrons. The van der Waals surface area contributed by atoms with E-state index in [0.717, 1.165) is 31.0 Å². The number of aryl methyl sites for hydroxylation is 1. The molecule has 5 nitrogen and oxygen atoms in total. The van der Waals surface area contributed by atoms with Crippen LogP contribution in [0.1, 0.15) is 11.3 Å². The molecule has 0 aromatic carbocycles. The smallest absolute Gasteiger partial charge is 0.136 e. The molecule has 1 aliphatic heterocycles. The van der Waals surface area contributed by atoms with Gasteiger partial charge in [0.05, 0.1) is 18.0 Å². The average molecular weight is 260 g/mol. The molecular weight excluding hydrogens is 240 g/mol. The Morgan fingerprint density at radius 2 is 2.37 bits per heavy atom. The lowest BCUT2D eigenvalue weighted by Crippen LogP contribution is -2.30. The molecule has 1 aliphatic rings. The lowest BCUT2D eigenvalue weighted by atomic mass is 10.1. The highest BCUT2D eigenvalue weighted by Crippen LogP contribution is 2.10. The first kappa shape index (κ1) is 12.6. The van der Waals surface area contributed by atoms with Gasteiger partial charge in [0.1, 0.15) is 5.65 Å². The zero-order chi connectivity index (χ0) is 13.2. The number of aromatic nitrogens is 2. The van der Waals surface area contributed by atoms with Gasteiger partial charge in [0.15, 0.2) is 0 Å². The molecular formula is C14H20N4O. The summed E-state index contributed by atoms with van der Waals surface area (Å²) in [5.41, 5.74) is 3.35. The molecule has 2 atom stereocenters. The number of rotatable bonds is 4. The first-order valence-corrected chi connectivity index (χ1v) is 6.76. The lowest BCUT2D eigenvalue weighted by molar-refractivity contribution is 0.146. The number of aliphatic hydroxyl groups excluding tert-OH is 1. The van der Waals surface area contributed by atoms with Crippen molar-refractivity contribution < 1.29 is 5.11 Å². The second-order valence-corrected chi connectivity index (χ2v) is 5.30. The van der Waals surface area contributed by atoms with Gasteiger partial charge < -0.3 is 20.1 Å². The van der Waals surface area contributed by atoms with Gasteiger partial charge in [-0.15, -0.1) is 0 Å². The molecule has 2 aromatic heterocycles. The molecule has 2 aromatic rings. The van der Waals surface area contributed by atoms with Gasteiger partial charge >= 0.3 is 0 Å². The van der Waals surface area contributed by atoms with E-state index >= 15 is 0 Å². The molecule has 1 saturated heterocycles. The first-order chi connectivity index (χ1) is 9.24. The molecule has 3 rings (SSSR count). The van der Waals surface area contributed by atoms with Crippen LogP contribution in [0.5, 0.6) is 0 Å². The maximum absolute atomic E-state index is 9.73. The Labute approximate surface area is 112 Å². The molecule has 0 amide bonds. The van der Waals surface area contributed by atoms with Crippen LogP contribution in [-0.4, -0.2) is 40.2 Å². The molecule has 0 aliphatic carbocycles. The average Bonchev–Trinajstić information content (AvgIpc) is 2.97. The second kappa shape index (κ2) is 5.28. The van der Waals surface area contributed by atoms with Crippen LogP contribution in [-0.2, 0) is 6.54 Å². The van der Waals surface area contributed by atoms with Crippen LogP contribution in [0.15, 0.2) is 24.5 Å². The van der Waals surface area contributed by atoms with Crippen LogP contribution < -0.4 is 10.6 Å². The number of aliphatic hydroxyl groups is 1. The number of nitrogens with zero attached hydrogens (tertiary/aromatic N) is 2. The molecule has 5 heteroatoms. The van der Waals surface area contributed by atoms with E-state index in [1.165, 1.54) is 5.56 Å². The van der Waals surface area contributed by atoms with Gasteiger partial charge in [-0.25, -0.2) is 4.98 Å². The molecule has 0 spiro atoms. The summed E-state index contributed by atoms with van der Waals surface area (Å²) in [6, 6.07) is 4.10. The maximum Gasteiger partial charge on any atom is 0.136 e. The Balaban J connectivity index is 1.63. The monoisotopic (exact) mass is 260 g/mol. The summed E-state index contributed by atoms with van der Waals surface area (Å²) < 4.78 is 2.12. The van der Waals surface area contributed by atoms with Gasteiger partial charge in [-0.05, 0) is 18.6 Å². The summed E-state index contributed by atoms with van der Waals surface area (Å²) >= 11 is 0. The topological polar surface area (TPSA) is 61.6 Å². The third-order valence-corrected chi connectivity index (χ3v) is 3.75. The van der Waals surface area contributed by atoms with Crippen molar-refractivity contribution in [2.75, 3.05) is 19.6 Å². The van der Waals surface area contributed by atoms with Crippen molar-refractivity contribution in [2.45, 2.75) is 19.6 Å². The van der Waals surface area contributed by atoms with Crippen molar-refractivity contribution >= 4 is 5.65 Å². The van der Waals surface area contributed by atoms with Crippen LogP contribution >= 0.6 is 0 Å². The van der Waals surface area contributed by atoms with E-state index in [-0.39, 0.29) is 6.10 Å². The molecule has 3 N–H and O–H groups in total. The second-order valence-electron chi connectivity index (χ2n) is 5.30. The zero-order valence-electron chi connectivity index (χ0n) is 11.1. The third-order valence-electron chi connectivity index (χ3n) is 3.75. The fourth-order valence-corrected chi connectivity index (χ4v) is 2.58. The summed E-state index contributed by atoms with van der Waals surface area (Å²) in [5.74, 6) is 0.306. The van der Waals surface area contributed by atoms with Crippen molar-refractivity contribution in [1.29, 1.82) is 0 Å². The maximum atomic E-state index is 9.73. The zero-order valence-corrected chi connectivity index (χ0v) is 11.1. The van der Waals surface area contributed by atoms with Crippen molar-refractivity contribution in [1.82, 2.24) is 20.0 Å². The van der Waals surface area contributed by atoms with Crippen LogP contribution in [0, 0.1) is 12.8 Å². The molecule has 19 heavy (non-hydrogen) atoms. The van der Waals surface area contributed by atoms with Gasteiger partial charge in [0.2, 0.25) is 0 Å². The van der Waals surface area contributed by atoms with Crippen LogP contribution in [0.3, 0.4) is 0 Å². The minimum atomic E-state index is -0.225. The summed E-state index contributed by atoms with van der Waals surface area (Å²) in [6.45, 7) is 5.28. The number of pyridine rings is 1. The Bertz CT molecular complexity index is 566. The number of β-amino-alcohol motifs (C(OH)–C–C–N with tert-alkyl or cyclic N) is 1. The van der Waals surface area contributed by atoms with Crippen molar-refractivity contribution in [3.8, 4) is 0 Å². The van der Waals surface area contributed by atoms with Gasteiger partial charge in [-0.1, -0.05) is 6.07 Å². The number of fused-ring (bicyclic) bond motifs is 1. The molecule has 102 valence electrons.